The fraction of sp³-hybridized carbons (Fsp3) is 0.0526. The number of amides is 2. The van der Waals surface area contributed by atoms with Crippen LogP contribution in [0.1, 0.15) is 20.7 Å². The Kier molecular flexibility index (Phi) is 6.96. The fourth-order valence-corrected chi connectivity index (χ4v) is 2.88. The molecule has 0 spiro atoms. The number of hydrazine groups is 2. The number of halogens is 2. The maximum atomic E-state index is 12.3. The number of nitrogens with zero attached hydrogens (tertiary/aromatic N) is 2. The summed E-state index contributed by atoms with van der Waals surface area (Å²) < 4.78 is 5.06. The molecule has 3 rings (SSSR count). The number of carbonyl (C=O) groups excluding carboxylic acids is 2. The van der Waals surface area contributed by atoms with Gasteiger partial charge < -0.3 is 10.5 Å². The van der Waals surface area contributed by atoms with Crippen LogP contribution < -0.4 is 32.2 Å². The van der Waals surface area contributed by atoms with Gasteiger partial charge in [0.1, 0.15) is 17.8 Å². The quantitative estimate of drug-likeness (QED) is 0.338. The van der Waals surface area contributed by atoms with E-state index in [0.717, 1.165) is 0 Å². The van der Waals surface area contributed by atoms with Crippen LogP contribution >= 0.6 is 23.2 Å². The molecule has 31 heavy (non-hydrogen) atoms. The first kappa shape index (κ1) is 21.9. The second-order valence-electron chi connectivity index (χ2n) is 6.00. The van der Waals surface area contributed by atoms with Crippen molar-refractivity contribution < 1.29 is 14.3 Å². The van der Waals surface area contributed by atoms with Crippen molar-refractivity contribution in [3.05, 3.63) is 70.0 Å². The molecule has 160 valence electrons. The van der Waals surface area contributed by atoms with Crippen molar-refractivity contribution in [1.82, 2.24) is 20.8 Å². The van der Waals surface area contributed by atoms with Crippen LogP contribution in [-0.2, 0) is 0 Å². The number of ether oxygens (including phenoxy) is 1. The summed E-state index contributed by atoms with van der Waals surface area (Å²) in [5, 5.41) is 0.591. The fourth-order valence-electron chi connectivity index (χ4n) is 2.38. The van der Waals surface area contributed by atoms with E-state index in [9.17, 15) is 9.59 Å². The maximum absolute atomic E-state index is 12.3. The number of anilines is 3. The van der Waals surface area contributed by atoms with Crippen LogP contribution in [0.2, 0.25) is 10.0 Å². The third-order valence-corrected chi connectivity index (χ3v) is 4.55. The molecule has 0 fully saturated rings. The molecule has 0 saturated heterocycles. The van der Waals surface area contributed by atoms with Gasteiger partial charge in [0.25, 0.3) is 11.8 Å². The summed E-state index contributed by atoms with van der Waals surface area (Å²) in [4.78, 5) is 32.5. The molecule has 3 aromatic rings. The van der Waals surface area contributed by atoms with Crippen LogP contribution in [-0.4, -0.2) is 28.9 Å². The SMILES string of the molecule is COc1ccc(C(=O)NNc2ncnc(NNC(=O)c3ccc(Cl)cc3Cl)c2N)cc1. The number of carbonyl (C=O) groups is 2. The van der Waals surface area contributed by atoms with E-state index in [1.807, 2.05) is 0 Å². The lowest BCUT2D eigenvalue weighted by Crippen LogP contribution is -2.32. The first-order valence-corrected chi connectivity index (χ1v) is 9.47. The summed E-state index contributed by atoms with van der Waals surface area (Å²) in [7, 11) is 1.53. The summed E-state index contributed by atoms with van der Waals surface area (Å²) in [6.45, 7) is 0. The van der Waals surface area contributed by atoms with Crippen molar-refractivity contribution >= 4 is 52.3 Å². The normalized spacial score (nSPS) is 10.2. The summed E-state index contributed by atoms with van der Waals surface area (Å²) in [5.41, 5.74) is 16.8. The van der Waals surface area contributed by atoms with Gasteiger partial charge in [-0.15, -0.1) is 0 Å². The van der Waals surface area contributed by atoms with E-state index in [0.29, 0.717) is 16.3 Å². The number of nitrogens with two attached hydrogens (primary N) is 1. The summed E-state index contributed by atoms with van der Waals surface area (Å²) in [5.74, 6) is -0.0853. The molecule has 6 N–H and O–H groups in total. The molecule has 12 heteroatoms. The largest absolute Gasteiger partial charge is 0.497 e. The number of aromatic nitrogens is 2. The Morgan fingerprint density at radius 3 is 2.13 bits per heavy atom. The van der Waals surface area contributed by atoms with Gasteiger partial charge in [-0.3, -0.25) is 31.3 Å². The van der Waals surface area contributed by atoms with Gasteiger partial charge in [-0.05, 0) is 42.5 Å². The summed E-state index contributed by atoms with van der Waals surface area (Å²) in [6, 6.07) is 11.0. The first-order chi connectivity index (χ1) is 14.9. The Morgan fingerprint density at radius 1 is 0.935 bits per heavy atom. The van der Waals surface area contributed by atoms with Crippen LogP contribution in [0.15, 0.2) is 48.8 Å². The monoisotopic (exact) mass is 461 g/mol. The van der Waals surface area contributed by atoms with E-state index in [-0.39, 0.29) is 27.9 Å². The zero-order valence-corrected chi connectivity index (χ0v) is 17.6. The molecular formula is C19H17Cl2N7O3. The molecule has 2 amide bonds. The Balaban J connectivity index is 1.62. The minimum absolute atomic E-state index is 0.0556. The van der Waals surface area contributed by atoms with Crippen LogP contribution in [0.25, 0.3) is 0 Å². The number of nitrogen functional groups attached to an aromatic ring is 1. The maximum Gasteiger partial charge on any atom is 0.271 e. The Bertz CT molecular complexity index is 1110. The molecule has 0 aliphatic heterocycles. The van der Waals surface area contributed by atoms with Crippen molar-refractivity contribution in [3.8, 4) is 5.75 Å². The molecule has 0 radical (unpaired) electrons. The number of rotatable bonds is 7. The predicted molar refractivity (Wildman–Crippen MR) is 118 cm³/mol. The molecule has 0 atom stereocenters. The van der Waals surface area contributed by atoms with Crippen molar-refractivity contribution in [2.75, 3.05) is 23.7 Å². The van der Waals surface area contributed by atoms with Crippen LogP contribution in [0.5, 0.6) is 5.75 Å². The highest BCUT2D eigenvalue weighted by Gasteiger charge is 2.14. The minimum Gasteiger partial charge on any atom is -0.497 e. The molecule has 2 aromatic carbocycles. The molecule has 0 unspecified atom stereocenters. The third kappa shape index (κ3) is 5.44. The van der Waals surface area contributed by atoms with E-state index in [4.69, 9.17) is 33.7 Å². The smallest absolute Gasteiger partial charge is 0.271 e. The number of benzene rings is 2. The van der Waals surface area contributed by atoms with E-state index in [2.05, 4.69) is 31.7 Å². The second kappa shape index (κ2) is 9.83. The van der Waals surface area contributed by atoms with Gasteiger partial charge in [0.05, 0.1) is 17.7 Å². The van der Waals surface area contributed by atoms with Gasteiger partial charge in [0.15, 0.2) is 11.6 Å². The zero-order chi connectivity index (χ0) is 22.4. The van der Waals surface area contributed by atoms with Gasteiger partial charge in [-0.25, -0.2) is 9.97 Å². The average molecular weight is 462 g/mol. The molecule has 0 aliphatic carbocycles. The van der Waals surface area contributed by atoms with Crippen molar-refractivity contribution in [2.45, 2.75) is 0 Å². The van der Waals surface area contributed by atoms with Gasteiger partial charge in [-0.2, -0.15) is 0 Å². The molecule has 0 bridgehead atoms. The van der Waals surface area contributed by atoms with Crippen molar-refractivity contribution in [3.63, 3.8) is 0 Å². The number of hydrogen-bond donors (Lipinski definition) is 5. The van der Waals surface area contributed by atoms with Gasteiger partial charge in [0, 0.05) is 10.6 Å². The molecule has 1 heterocycles. The van der Waals surface area contributed by atoms with Gasteiger partial charge >= 0.3 is 0 Å². The highest BCUT2D eigenvalue weighted by molar-refractivity contribution is 6.36. The molecular weight excluding hydrogens is 445 g/mol. The van der Waals surface area contributed by atoms with E-state index in [1.165, 1.54) is 31.6 Å². The number of methoxy groups -OCH3 is 1. The standard InChI is InChI=1S/C19H17Cl2N7O3/c1-31-12-5-2-10(3-6-12)18(29)27-25-16-15(22)17(24-9-23-16)26-28-19(30)13-7-4-11(20)8-14(13)21/h2-9H,22H2,1H3,(H,27,29)(H,28,30)(H2,23,24,25,26). The third-order valence-electron chi connectivity index (χ3n) is 4.00. The topological polar surface area (TPSA) is 143 Å². The first-order valence-electron chi connectivity index (χ1n) is 8.71. The molecule has 1 aromatic heterocycles. The Hall–Kier alpha value is -3.76. The lowest BCUT2D eigenvalue weighted by molar-refractivity contribution is 0.0954. The van der Waals surface area contributed by atoms with E-state index in [1.54, 1.807) is 24.3 Å². The molecule has 10 nitrogen and oxygen atoms in total. The minimum atomic E-state index is -0.526. The molecule has 0 saturated carbocycles. The Labute approximate surface area is 187 Å². The highest BCUT2D eigenvalue weighted by Crippen LogP contribution is 2.23. The average Bonchev–Trinajstić information content (AvgIpc) is 2.77. The van der Waals surface area contributed by atoms with Crippen molar-refractivity contribution in [1.29, 1.82) is 0 Å². The van der Waals surface area contributed by atoms with Gasteiger partial charge in [-0.1, -0.05) is 23.2 Å². The van der Waals surface area contributed by atoms with Gasteiger partial charge in [0.2, 0.25) is 0 Å². The number of hydrogen-bond acceptors (Lipinski definition) is 8. The van der Waals surface area contributed by atoms with E-state index >= 15 is 0 Å². The lowest BCUT2D eigenvalue weighted by Gasteiger charge is -2.14. The van der Waals surface area contributed by atoms with Crippen molar-refractivity contribution in [2.24, 2.45) is 0 Å². The summed E-state index contributed by atoms with van der Waals surface area (Å²) >= 11 is 11.9. The van der Waals surface area contributed by atoms with Crippen LogP contribution in [0, 0.1) is 0 Å². The summed E-state index contributed by atoms with van der Waals surface area (Å²) in [6.07, 6.45) is 1.20. The Morgan fingerprint density at radius 2 is 1.55 bits per heavy atom. The number of nitrogens with one attached hydrogen (secondary N) is 4. The van der Waals surface area contributed by atoms with Crippen LogP contribution in [0.3, 0.4) is 0 Å². The second-order valence-corrected chi connectivity index (χ2v) is 6.84. The lowest BCUT2D eigenvalue weighted by atomic mass is 10.2. The highest BCUT2D eigenvalue weighted by atomic mass is 35.5. The molecule has 0 aliphatic rings. The van der Waals surface area contributed by atoms with E-state index < -0.39 is 11.8 Å². The van der Waals surface area contributed by atoms with Crippen LogP contribution in [0.4, 0.5) is 17.3 Å². The zero-order valence-electron chi connectivity index (χ0n) is 16.1. The predicted octanol–water partition coefficient (Wildman–Crippen LogP) is 2.89.